The summed E-state index contributed by atoms with van der Waals surface area (Å²) in [6.45, 7) is 0.0968. The van der Waals surface area contributed by atoms with Crippen LogP contribution >= 0.6 is 0 Å². The minimum atomic E-state index is -4.61. The molecule has 3 N–H and O–H groups in total. The summed E-state index contributed by atoms with van der Waals surface area (Å²) in [4.78, 5) is 15.2. The molecule has 11 heteroatoms. The summed E-state index contributed by atoms with van der Waals surface area (Å²) < 4.78 is 77.2. The van der Waals surface area contributed by atoms with E-state index in [1.54, 1.807) is 0 Å². The van der Waals surface area contributed by atoms with Crippen molar-refractivity contribution in [3.8, 4) is 5.75 Å². The lowest BCUT2D eigenvalue weighted by Gasteiger charge is -2.15. The first-order valence-corrected chi connectivity index (χ1v) is 9.17. The van der Waals surface area contributed by atoms with E-state index < -0.39 is 40.7 Å². The van der Waals surface area contributed by atoms with E-state index in [-0.39, 0.29) is 31.1 Å². The highest BCUT2D eigenvalue weighted by atomic mass is 19.4. The molecule has 0 aliphatic rings. The maximum absolute atomic E-state index is 13.6. The van der Waals surface area contributed by atoms with Crippen LogP contribution in [0.1, 0.15) is 21.5 Å². The molecule has 6 nitrogen and oxygen atoms in total. The molecule has 0 aliphatic heterocycles. The molecule has 0 spiro atoms. The summed E-state index contributed by atoms with van der Waals surface area (Å²) >= 11 is 0. The van der Waals surface area contributed by atoms with Crippen LogP contribution in [-0.2, 0) is 17.5 Å². The third-order valence-electron chi connectivity index (χ3n) is 4.01. The number of amidine groups is 1. The summed E-state index contributed by atoms with van der Waals surface area (Å²) in [6, 6.07) is 6.41. The van der Waals surface area contributed by atoms with E-state index in [1.807, 2.05) is 0 Å². The Morgan fingerprint density at radius 1 is 1.16 bits per heavy atom. The number of halogens is 5. The van der Waals surface area contributed by atoms with Crippen LogP contribution in [0.2, 0.25) is 0 Å². The van der Waals surface area contributed by atoms with Crippen molar-refractivity contribution < 1.29 is 36.2 Å². The maximum atomic E-state index is 13.6. The van der Waals surface area contributed by atoms with E-state index in [0.717, 1.165) is 36.5 Å². The molecule has 0 bridgehead atoms. The number of hydrogen-bond acceptors (Lipinski definition) is 4. The lowest BCUT2D eigenvalue weighted by molar-refractivity contribution is -0.138. The van der Waals surface area contributed by atoms with E-state index in [0.29, 0.717) is 0 Å². The van der Waals surface area contributed by atoms with Gasteiger partial charge in [-0.1, -0.05) is 12.1 Å². The van der Waals surface area contributed by atoms with Crippen molar-refractivity contribution >= 4 is 11.7 Å². The van der Waals surface area contributed by atoms with Gasteiger partial charge in [0.1, 0.15) is 35.4 Å². The van der Waals surface area contributed by atoms with E-state index in [2.05, 4.69) is 10.3 Å². The number of aliphatic imine (C=N–C) groups is 1. The predicted octanol–water partition coefficient (Wildman–Crippen LogP) is 3.81. The Balaban J connectivity index is 2.05. The van der Waals surface area contributed by atoms with Crippen LogP contribution in [0.25, 0.3) is 0 Å². The molecule has 172 valence electrons. The topological polar surface area (TPSA) is 85.9 Å². The molecule has 0 radical (unpaired) electrons. The van der Waals surface area contributed by atoms with Crippen LogP contribution in [0.4, 0.5) is 22.0 Å². The molecule has 0 aromatic heterocycles. The zero-order chi connectivity index (χ0) is 23.7. The normalized spacial score (nSPS) is 12.2. The molecule has 0 saturated carbocycles. The highest BCUT2D eigenvalue weighted by Gasteiger charge is 2.33. The highest BCUT2D eigenvalue weighted by molar-refractivity contribution is 6.06. The summed E-state index contributed by atoms with van der Waals surface area (Å²) in [5.41, 5.74) is 3.70. The summed E-state index contributed by atoms with van der Waals surface area (Å²) in [7, 11) is 1.44. The summed E-state index contributed by atoms with van der Waals surface area (Å²) in [5, 5.41) is 2.59. The number of nitrogens with zero attached hydrogens (tertiary/aromatic N) is 1. The molecule has 0 aliphatic carbocycles. The third-order valence-corrected chi connectivity index (χ3v) is 4.01. The second-order valence-corrected chi connectivity index (χ2v) is 6.31. The van der Waals surface area contributed by atoms with Crippen molar-refractivity contribution in [2.45, 2.75) is 12.7 Å². The molecule has 0 saturated heterocycles. The second-order valence-electron chi connectivity index (χ2n) is 6.31. The number of nitrogens with one attached hydrogen (secondary N) is 1. The van der Waals surface area contributed by atoms with Crippen LogP contribution in [-0.4, -0.2) is 32.1 Å². The van der Waals surface area contributed by atoms with Gasteiger partial charge in [-0.3, -0.25) is 4.79 Å². The fourth-order valence-electron chi connectivity index (χ4n) is 2.53. The average molecular weight is 457 g/mol. The molecule has 0 fully saturated rings. The smallest absolute Gasteiger partial charge is 0.416 e. The number of ether oxygens (including phenoxy) is 2. The van der Waals surface area contributed by atoms with Crippen molar-refractivity contribution in [1.82, 2.24) is 5.32 Å². The minimum Gasteiger partial charge on any atom is -0.491 e. The molecule has 32 heavy (non-hydrogen) atoms. The Morgan fingerprint density at radius 3 is 2.47 bits per heavy atom. The van der Waals surface area contributed by atoms with Gasteiger partial charge in [0.25, 0.3) is 5.91 Å². The van der Waals surface area contributed by atoms with Crippen molar-refractivity contribution in [2.75, 3.05) is 20.3 Å². The molecule has 0 atom stereocenters. The standard InChI is InChI=1S/C21H20F5N3O3/c1-31-9-10-32-14-6-5-13(15(11-14)21(24,25)26)12-28-8-7-18(27)29-20(30)19-16(22)3-2-4-17(19)23/h2-8,11,28H,9-10,12H2,1H3,(H2,27,29,30)/b8-7-. The van der Waals surface area contributed by atoms with Gasteiger partial charge in [-0.2, -0.15) is 18.2 Å². The first-order chi connectivity index (χ1) is 15.1. The number of benzene rings is 2. The highest BCUT2D eigenvalue weighted by Crippen LogP contribution is 2.34. The van der Waals surface area contributed by atoms with Gasteiger partial charge in [-0.05, 0) is 35.9 Å². The zero-order valence-electron chi connectivity index (χ0n) is 16.9. The van der Waals surface area contributed by atoms with E-state index in [4.69, 9.17) is 15.2 Å². The number of rotatable bonds is 9. The zero-order valence-corrected chi connectivity index (χ0v) is 16.9. The SMILES string of the molecule is COCCOc1ccc(CN/C=C\C(N)=NC(=O)c2c(F)cccc2F)c(C(F)(F)F)c1. The molecule has 2 rings (SSSR count). The summed E-state index contributed by atoms with van der Waals surface area (Å²) in [5.74, 6) is -3.77. The molecule has 0 heterocycles. The van der Waals surface area contributed by atoms with Crippen molar-refractivity contribution in [3.63, 3.8) is 0 Å². The number of methoxy groups -OCH3 is 1. The first-order valence-electron chi connectivity index (χ1n) is 9.17. The van der Waals surface area contributed by atoms with Crippen LogP contribution in [0.3, 0.4) is 0 Å². The number of alkyl halides is 3. The number of nitrogens with two attached hydrogens (primary N) is 1. The van der Waals surface area contributed by atoms with E-state index in [1.165, 1.54) is 19.2 Å². The van der Waals surface area contributed by atoms with Gasteiger partial charge in [0, 0.05) is 19.9 Å². The van der Waals surface area contributed by atoms with Gasteiger partial charge >= 0.3 is 6.18 Å². The first kappa shape index (κ1) is 24.8. The van der Waals surface area contributed by atoms with Gasteiger partial charge in [-0.15, -0.1) is 0 Å². The number of amides is 1. The average Bonchev–Trinajstić information content (AvgIpc) is 2.71. The summed E-state index contributed by atoms with van der Waals surface area (Å²) in [6.07, 6.45) is -2.38. The number of carbonyl (C=O) groups excluding carboxylic acids is 1. The lowest BCUT2D eigenvalue weighted by Crippen LogP contribution is -2.16. The molecule has 1 amide bonds. The molecular formula is C21H20F5N3O3. The van der Waals surface area contributed by atoms with Crippen LogP contribution < -0.4 is 15.8 Å². The maximum Gasteiger partial charge on any atom is 0.416 e. The molecule has 2 aromatic rings. The third kappa shape index (κ3) is 7.05. The second kappa shape index (κ2) is 11.2. The van der Waals surface area contributed by atoms with E-state index >= 15 is 0 Å². The Kier molecular flexibility index (Phi) is 8.71. The van der Waals surface area contributed by atoms with Gasteiger partial charge < -0.3 is 20.5 Å². The van der Waals surface area contributed by atoms with Gasteiger partial charge in [0.05, 0.1) is 12.2 Å². The Labute approximate surface area is 180 Å². The van der Waals surface area contributed by atoms with Crippen LogP contribution in [0, 0.1) is 11.6 Å². The Morgan fingerprint density at radius 2 is 1.84 bits per heavy atom. The molecule has 0 unspecified atom stereocenters. The van der Waals surface area contributed by atoms with Crippen molar-refractivity contribution in [2.24, 2.45) is 10.7 Å². The van der Waals surface area contributed by atoms with Gasteiger partial charge in [0.2, 0.25) is 0 Å². The molecule has 2 aromatic carbocycles. The van der Waals surface area contributed by atoms with Crippen molar-refractivity contribution in [3.05, 3.63) is 77.0 Å². The van der Waals surface area contributed by atoms with Crippen LogP contribution in [0.5, 0.6) is 5.75 Å². The fourth-order valence-corrected chi connectivity index (χ4v) is 2.53. The van der Waals surface area contributed by atoms with E-state index in [9.17, 15) is 26.7 Å². The number of carbonyl (C=O) groups is 1. The Hall–Kier alpha value is -3.47. The minimum absolute atomic E-state index is 0.0453. The largest absolute Gasteiger partial charge is 0.491 e. The lowest BCUT2D eigenvalue weighted by atomic mass is 10.1. The quantitative estimate of drug-likeness (QED) is 0.259. The van der Waals surface area contributed by atoms with Gasteiger partial charge in [-0.25, -0.2) is 8.78 Å². The Bertz CT molecular complexity index is 986. The predicted molar refractivity (Wildman–Crippen MR) is 107 cm³/mol. The fraction of sp³-hybridized carbons (Fsp3) is 0.238. The van der Waals surface area contributed by atoms with Crippen molar-refractivity contribution in [1.29, 1.82) is 0 Å². The number of hydrogen-bond donors (Lipinski definition) is 2. The van der Waals surface area contributed by atoms with Crippen LogP contribution in [0.15, 0.2) is 53.7 Å². The molecular weight excluding hydrogens is 437 g/mol. The van der Waals surface area contributed by atoms with Gasteiger partial charge in [0.15, 0.2) is 0 Å². The monoisotopic (exact) mass is 457 g/mol.